The van der Waals surface area contributed by atoms with Crippen molar-refractivity contribution in [1.29, 1.82) is 0 Å². The first-order chi connectivity index (χ1) is 8.66. The highest BCUT2D eigenvalue weighted by Crippen LogP contribution is 2.20. The number of hydrogen-bond acceptors (Lipinski definition) is 2. The molecule has 18 heavy (non-hydrogen) atoms. The second-order valence-electron chi connectivity index (χ2n) is 4.91. The zero-order chi connectivity index (χ0) is 13.0. The van der Waals surface area contributed by atoms with Crippen molar-refractivity contribution in [2.75, 3.05) is 6.61 Å². The van der Waals surface area contributed by atoms with Crippen molar-refractivity contribution in [3.63, 3.8) is 0 Å². The number of carbonyl (C=O) groups is 1. The zero-order valence-corrected chi connectivity index (χ0v) is 12.3. The number of ether oxygens (including phenoxy) is 1. The molecule has 1 aliphatic rings. The maximum absolute atomic E-state index is 12.0. The summed E-state index contributed by atoms with van der Waals surface area (Å²) in [5.41, 5.74) is 1.93. The summed E-state index contributed by atoms with van der Waals surface area (Å²) in [6, 6.07) is 5.80. The second-order valence-corrected chi connectivity index (χ2v) is 5.77. The third-order valence-corrected chi connectivity index (χ3v) is 4.32. The molecule has 98 valence electrons. The first kappa shape index (κ1) is 13.8. The SMILES string of the molecule is Cc1cc(C(=O)CCCC2CCCO2)ccc1Br. The minimum Gasteiger partial charge on any atom is -0.378 e. The Morgan fingerprint density at radius 3 is 3.00 bits per heavy atom. The smallest absolute Gasteiger partial charge is 0.162 e. The molecular weight excluding hydrogens is 292 g/mol. The lowest BCUT2D eigenvalue weighted by atomic mass is 10.0. The van der Waals surface area contributed by atoms with E-state index < -0.39 is 0 Å². The minimum absolute atomic E-state index is 0.239. The quantitative estimate of drug-likeness (QED) is 0.758. The van der Waals surface area contributed by atoms with Gasteiger partial charge >= 0.3 is 0 Å². The highest BCUT2D eigenvalue weighted by molar-refractivity contribution is 9.10. The van der Waals surface area contributed by atoms with Gasteiger partial charge in [-0.05, 0) is 50.3 Å². The van der Waals surface area contributed by atoms with Crippen LogP contribution >= 0.6 is 15.9 Å². The van der Waals surface area contributed by atoms with Gasteiger partial charge in [0.15, 0.2) is 5.78 Å². The maximum atomic E-state index is 12.0. The minimum atomic E-state index is 0.239. The van der Waals surface area contributed by atoms with Gasteiger partial charge < -0.3 is 4.74 Å². The third kappa shape index (κ3) is 3.66. The number of carbonyl (C=O) groups excluding carboxylic acids is 1. The van der Waals surface area contributed by atoms with E-state index in [1.807, 2.05) is 25.1 Å². The molecule has 2 rings (SSSR count). The highest BCUT2D eigenvalue weighted by atomic mass is 79.9. The van der Waals surface area contributed by atoms with E-state index in [4.69, 9.17) is 4.74 Å². The molecule has 2 nitrogen and oxygen atoms in total. The van der Waals surface area contributed by atoms with E-state index in [9.17, 15) is 4.79 Å². The van der Waals surface area contributed by atoms with E-state index in [1.165, 1.54) is 6.42 Å². The summed E-state index contributed by atoms with van der Waals surface area (Å²) in [7, 11) is 0. The van der Waals surface area contributed by atoms with Crippen LogP contribution in [0, 0.1) is 6.92 Å². The van der Waals surface area contributed by atoms with Crippen LogP contribution in [0.4, 0.5) is 0 Å². The lowest BCUT2D eigenvalue weighted by molar-refractivity contribution is 0.0922. The van der Waals surface area contributed by atoms with Crippen LogP contribution in [0.25, 0.3) is 0 Å². The second kappa shape index (κ2) is 6.48. The summed E-state index contributed by atoms with van der Waals surface area (Å²) in [5.74, 6) is 0.239. The van der Waals surface area contributed by atoms with E-state index in [0.717, 1.165) is 41.5 Å². The maximum Gasteiger partial charge on any atom is 0.162 e. The Labute approximate surface area is 117 Å². The number of rotatable bonds is 5. The predicted octanol–water partition coefficient (Wildman–Crippen LogP) is 4.29. The number of Topliss-reactive ketones (excluding diaryl/α,β-unsaturated/α-hetero) is 1. The highest BCUT2D eigenvalue weighted by Gasteiger charge is 2.15. The van der Waals surface area contributed by atoms with Crippen molar-refractivity contribution in [1.82, 2.24) is 0 Å². The van der Waals surface area contributed by atoms with Gasteiger partial charge in [0.2, 0.25) is 0 Å². The fourth-order valence-electron chi connectivity index (χ4n) is 2.32. The molecule has 0 bridgehead atoms. The molecular formula is C15H19BrO2. The lowest BCUT2D eigenvalue weighted by Gasteiger charge is -2.08. The van der Waals surface area contributed by atoms with Gasteiger partial charge in [-0.1, -0.05) is 22.0 Å². The van der Waals surface area contributed by atoms with Gasteiger partial charge in [0.05, 0.1) is 6.10 Å². The van der Waals surface area contributed by atoms with Crippen molar-refractivity contribution in [2.24, 2.45) is 0 Å². The van der Waals surface area contributed by atoms with Gasteiger partial charge in [0, 0.05) is 23.1 Å². The zero-order valence-electron chi connectivity index (χ0n) is 10.7. The molecule has 1 aromatic rings. The lowest BCUT2D eigenvalue weighted by Crippen LogP contribution is -2.06. The summed E-state index contributed by atoms with van der Waals surface area (Å²) in [6.45, 7) is 2.90. The van der Waals surface area contributed by atoms with Crippen LogP contribution in [0.15, 0.2) is 22.7 Å². The molecule has 0 saturated carbocycles. The summed E-state index contributed by atoms with van der Waals surface area (Å²) < 4.78 is 6.61. The van der Waals surface area contributed by atoms with Crippen molar-refractivity contribution in [3.05, 3.63) is 33.8 Å². The van der Waals surface area contributed by atoms with Crippen LogP contribution in [0.1, 0.15) is 48.0 Å². The van der Waals surface area contributed by atoms with Gasteiger partial charge in [0.1, 0.15) is 0 Å². The largest absolute Gasteiger partial charge is 0.378 e. The van der Waals surface area contributed by atoms with E-state index in [2.05, 4.69) is 15.9 Å². The molecule has 1 heterocycles. The van der Waals surface area contributed by atoms with Crippen molar-refractivity contribution >= 4 is 21.7 Å². The van der Waals surface area contributed by atoms with E-state index in [1.54, 1.807) is 0 Å². The van der Waals surface area contributed by atoms with E-state index in [-0.39, 0.29) is 5.78 Å². The van der Waals surface area contributed by atoms with Crippen LogP contribution in [-0.4, -0.2) is 18.5 Å². The molecule has 3 heteroatoms. The molecule has 0 N–H and O–H groups in total. The van der Waals surface area contributed by atoms with Crippen LogP contribution < -0.4 is 0 Å². The van der Waals surface area contributed by atoms with Crippen molar-refractivity contribution < 1.29 is 9.53 Å². The molecule has 1 unspecified atom stereocenters. The number of benzene rings is 1. The molecule has 1 atom stereocenters. The molecule has 0 radical (unpaired) electrons. The molecule has 1 saturated heterocycles. The van der Waals surface area contributed by atoms with Crippen LogP contribution in [0.3, 0.4) is 0 Å². The Morgan fingerprint density at radius 1 is 1.50 bits per heavy atom. The summed E-state index contributed by atoms with van der Waals surface area (Å²) >= 11 is 3.45. The normalized spacial score (nSPS) is 19.1. The monoisotopic (exact) mass is 310 g/mol. The third-order valence-electron chi connectivity index (χ3n) is 3.43. The Bertz CT molecular complexity index is 423. The Morgan fingerprint density at radius 2 is 2.33 bits per heavy atom. The molecule has 0 spiro atoms. The van der Waals surface area contributed by atoms with Gasteiger partial charge in [-0.15, -0.1) is 0 Å². The van der Waals surface area contributed by atoms with Crippen LogP contribution in [-0.2, 0) is 4.74 Å². The fourth-order valence-corrected chi connectivity index (χ4v) is 2.57. The summed E-state index contributed by atoms with van der Waals surface area (Å²) in [5, 5.41) is 0. The molecule has 0 aliphatic carbocycles. The topological polar surface area (TPSA) is 26.3 Å². The molecule has 0 amide bonds. The average Bonchev–Trinajstić information content (AvgIpc) is 2.85. The molecule has 0 aromatic heterocycles. The standard InChI is InChI=1S/C15H19BrO2/c1-11-10-12(7-8-14(11)16)15(17)6-2-4-13-5-3-9-18-13/h7-8,10,13H,2-6,9H2,1H3. The molecule has 1 fully saturated rings. The fraction of sp³-hybridized carbons (Fsp3) is 0.533. The number of hydrogen-bond donors (Lipinski definition) is 0. The summed E-state index contributed by atoms with van der Waals surface area (Å²) in [6.07, 6.45) is 5.29. The Balaban J connectivity index is 1.81. The van der Waals surface area contributed by atoms with Gasteiger partial charge in [0.25, 0.3) is 0 Å². The van der Waals surface area contributed by atoms with Crippen molar-refractivity contribution in [3.8, 4) is 0 Å². The van der Waals surface area contributed by atoms with Gasteiger partial charge in [-0.3, -0.25) is 4.79 Å². The van der Waals surface area contributed by atoms with E-state index >= 15 is 0 Å². The predicted molar refractivity (Wildman–Crippen MR) is 76.0 cm³/mol. The Hall–Kier alpha value is -0.670. The summed E-state index contributed by atoms with van der Waals surface area (Å²) in [4.78, 5) is 12.0. The molecule has 1 aliphatic heterocycles. The van der Waals surface area contributed by atoms with Crippen molar-refractivity contribution in [2.45, 2.75) is 45.1 Å². The first-order valence-electron chi connectivity index (χ1n) is 6.58. The van der Waals surface area contributed by atoms with Crippen LogP contribution in [0.2, 0.25) is 0 Å². The number of halogens is 1. The van der Waals surface area contributed by atoms with Gasteiger partial charge in [-0.25, -0.2) is 0 Å². The Kier molecular flexibility index (Phi) is 4.95. The van der Waals surface area contributed by atoms with E-state index in [0.29, 0.717) is 12.5 Å². The number of aryl methyl sites for hydroxylation is 1. The molecule has 1 aromatic carbocycles. The van der Waals surface area contributed by atoms with Crippen LogP contribution in [0.5, 0.6) is 0 Å². The first-order valence-corrected chi connectivity index (χ1v) is 7.37. The van der Waals surface area contributed by atoms with Gasteiger partial charge in [-0.2, -0.15) is 0 Å². The number of ketones is 1. The average molecular weight is 311 g/mol.